The summed E-state index contributed by atoms with van der Waals surface area (Å²) in [5.41, 5.74) is 2.11. The highest BCUT2D eigenvalue weighted by molar-refractivity contribution is 6.08. The molecule has 0 aromatic heterocycles. The third-order valence-corrected chi connectivity index (χ3v) is 2.84. The first kappa shape index (κ1) is 14.5. The normalized spacial score (nSPS) is 9.38. The molecule has 0 radical (unpaired) electrons. The molecule has 2 aromatic carbocycles. The molecule has 0 saturated carbocycles. The summed E-state index contributed by atoms with van der Waals surface area (Å²) in [6.07, 6.45) is 0. The van der Waals surface area contributed by atoms with E-state index in [4.69, 9.17) is 0 Å². The lowest BCUT2D eigenvalue weighted by atomic mass is 10.0. The third-order valence-electron chi connectivity index (χ3n) is 2.84. The molecule has 1 N–H and O–H groups in total. The summed E-state index contributed by atoms with van der Waals surface area (Å²) in [7, 11) is 0. The first-order valence-corrected chi connectivity index (χ1v) is 6.60. The van der Waals surface area contributed by atoms with Crippen LogP contribution in [-0.4, -0.2) is 18.2 Å². The third kappa shape index (κ3) is 4.32. The van der Waals surface area contributed by atoms with Crippen LogP contribution in [0.15, 0.2) is 54.6 Å². The molecule has 0 aliphatic carbocycles. The zero-order chi connectivity index (χ0) is 15.1. The van der Waals surface area contributed by atoms with Crippen LogP contribution in [0.25, 0.3) is 0 Å². The predicted octanol–water partition coefficient (Wildman–Crippen LogP) is 2.41. The minimum Gasteiger partial charge on any atom is -0.345 e. The van der Waals surface area contributed by atoms with E-state index in [0.717, 1.165) is 5.56 Å². The van der Waals surface area contributed by atoms with E-state index in [1.807, 2.05) is 18.2 Å². The Kier molecular flexibility index (Phi) is 4.89. The van der Waals surface area contributed by atoms with Crippen molar-refractivity contribution in [2.45, 2.75) is 6.92 Å². The fraction of sp³-hybridized carbons (Fsp3) is 0.111. The number of nitrogens with one attached hydrogen (secondary N) is 1. The fourth-order valence-electron chi connectivity index (χ4n) is 1.78. The van der Waals surface area contributed by atoms with E-state index in [1.54, 1.807) is 36.4 Å². The van der Waals surface area contributed by atoms with Gasteiger partial charge in [0.15, 0.2) is 5.78 Å². The van der Waals surface area contributed by atoms with Gasteiger partial charge in [0.25, 0.3) is 0 Å². The van der Waals surface area contributed by atoms with Crippen molar-refractivity contribution < 1.29 is 9.59 Å². The summed E-state index contributed by atoms with van der Waals surface area (Å²) < 4.78 is 0. The molecule has 0 atom stereocenters. The van der Waals surface area contributed by atoms with Gasteiger partial charge in [-0.15, -0.1) is 0 Å². The van der Waals surface area contributed by atoms with Gasteiger partial charge in [0, 0.05) is 23.6 Å². The number of rotatable bonds is 3. The second-order valence-electron chi connectivity index (χ2n) is 4.48. The van der Waals surface area contributed by atoms with Crippen LogP contribution in [0.3, 0.4) is 0 Å². The second kappa shape index (κ2) is 7.06. The quantitative estimate of drug-likeness (QED) is 0.691. The summed E-state index contributed by atoms with van der Waals surface area (Å²) in [5.74, 6) is 5.67. The van der Waals surface area contributed by atoms with Crippen molar-refractivity contribution in [1.29, 1.82) is 0 Å². The average Bonchev–Trinajstić information content (AvgIpc) is 2.52. The Morgan fingerprint density at radius 2 is 1.57 bits per heavy atom. The standard InChI is InChI=1S/C18H15NO2/c1-14(20)19-13-5-6-15-9-11-17(12-10-15)18(21)16-7-3-2-4-8-16/h2-4,7-12H,13H2,1H3,(H,19,20). The average molecular weight is 277 g/mol. The molecule has 2 aromatic rings. The minimum atomic E-state index is -0.104. The van der Waals surface area contributed by atoms with Crippen molar-refractivity contribution in [3.63, 3.8) is 0 Å². The fourth-order valence-corrected chi connectivity index (χ4v) is 1.78. The molecule has 2 rings (SSSR count). The molecule has 0 fully saturated rings. The lowest BCUT2D eigenvalue weighted by molar-refractivity contribution is -0.118. The molecular formula is C18H15NO2. The maximum Gasteiger partial charge on any atom is 0.217 e. The summed E-state index contributed by atoms with van der Waals surface area (Å²) in [5, 5.41) is 2.60. The van der Waals surface area contributed by atoms with Crippen molar-refractivity contribution in [3.8, 4) is 11.8 Å². The molecule has 3 nitrogen and oxygen atoms in total. The van der Waals surface area contributed by atoms with Gasteiger partial charge in [-0.05, 0) is 24.3 Å². The van der Waals surface area contributed by atoms with Crippen LogP contribution in [0, 0.1) is 11.8 Å². The van der Waals surface area contributed by atoms with Crippen LogP contribution in [-0.2, 0) is 4.79 Å². The van der Waals surface area contributed by atoms with Gasteiger partial charge in [0.1, 0.15) is 0 Å². The Morgan fingerprint density at radius 3 is 2.19 bits per heavy atom. The van der Waals surface area contributed by atoms with Crippen molar-refractivity contribution in [2.24, 2.45) is 0 Å². The van der Waals surface area contributed by atoms with E-state index in [2.05, 4.69) is 17.2 Å². The monoisotopic (exact) mass is 277 g/mol. The van der Waals surface area contributed by atoms with Gasteiger partial charge in [-0.2, -0.15) is 0 Å². The van der Waals surface area contributed by atoms with Crippen molar-refractivity contribution >= 4 is 11.7 Å². The number of ketones is 1. The van der Waals surface area contributed by atoms with Crippen molar-refractivity contribution in [2.75, 3.05) is 6.54 Å². The van der Waals surface area contributed by atoms with Gasteiger partial charge in [0.2, 0.25) is 5.91 Å². The first-order valence-electron chi connectivity index (χ1n) is 6.60. The molecule has 0 heterocycles. The highest BCUT2D eigenvalue weighted by Gasteiger charge is 2.07. The van der Waals surface area contributed by atoms with Crippen molar-refractivity contribution in [1.82, 2.24) is 5.32 Å². The van der Waals surface area contributed by atoms with Crippen LogP contribution in [0.2, 0.25) is 0 Å². The molecule has 21 heavy (non-hydrogen) atoms. The Hall–Kier alpha value is -2.86. The second-order valence-corrected chi connectivity index (χ2v) is 4.48. The lowest BCUT2D eigenvalue weighted by Gasteiger charge is -2.01. The highest BCUT2D eigenvalue weighted by Crippen LogP contribution is 2.10. The minimum absolute atomic E-state index is 0.00615. The van der Waals surface area contributed by atoms with E-state index in [1.165, 1.54) is 6.92 Å². The summed E-state index contributed by atoms with van der Waals surface area (Å²) in [6.45, 7) is 1.77. The van der Waals surface area contributed by atoms with Crippen LogP contribution >= 0.6 is 0 Å². The Balaban J connectivity index is 2.05. The van der Waals surface area contributed by atoms with E-state index < -0.39 is 0 Å². The van der Waals surface area contributed by atoms with Crippen LogP contribution in [0.4, 0.5) is 0 Å². The number of carbonyl (C=O) groups is 2. The Morgan fingerprint density at radius 1 is 0.952 bits per heavy atom. The molecule has 0 aliphatic heterocycles. The summed E-state index contributed by atoms with van der Waals surface area (Å²) in [4.78, 5) is 22.9. The molecule has 3 heteroatoms. The Labute approximate surface area is 124 Å². The zero-order valence-corrected chi connectivity index (χ0v) is 11.7. The summed E-state index contributed by atoms with van der Waals surface area (Å²) in [6, 6.07) is 16.3. The molecule has 0 saturated heterocycles. The van der Waals surface area contributed by atoms with Gasteiger partial charge in [-0.1, -0.05) is 42.2 Å². The maximum atomic E-state index is 12.2. The van der Waals surface area contributed by atoms with E-state index in [0.29, 0.717) is 17.7 Å². The van der Waals surface area contributed by atoms with Crippen LogP contribution < -0.4 is 5.32 Å². The van der Waals surface area contributed by atoms with Crippen LogP contribution in [0.5, 0.6) is 0 Å². The summed E-state index contributed by atoms with van der Waals surface area (Å²) >= 11 is 0. The first-order chi connectivity index (χ1) is 10.2. The SMILES string of the molecule is CC(=O)NCC#Cc1ccc(C(=O)c2ccccc2)cc1. The Bertz CT molecular complexity index is 691. The molecular weight excluding hydrogens is 262 g/mol. The predicted molar refractivity (Wildman–Crippen MR) is 81.9 cm³/mol. The molecule has 104 valence electrons. The van der Waals surface area contributed by atoms with Gasteiger partial charge >= 0.3 is 0 Å². The number of amides is 1. The lowest BCUT2D eigenvalue weighted by Crippen LogP contribution is -2.19. The smallest absolute Gasteiger partial charge is 0.217 e. The van der Waals surface area contributed by atoms with Gasteiger partial charge < -0.3 is 5.32 Å². The largest absolute Gasteiger partial charge is 0.345 e. The van der Waals surface area contributed by atoms with Gasteiger partial charge in [-0.25, -0.2) is 0 Å². The number of carbonyl (C=O) groups excluding carboxylic acids is 2. The number of benzene rings is 2. The van der Waals surface area contributed by atoms with E-state index >= 15 is 0 Å². The number of hydrogen-bond donors (Lipinski definition) is 1. The van der Waals surface area contributed by atoms with Crippen molar-refractivity contribution in [3.05, 3.63) is 71.3 Å². The molecule has 0 aliphatic rings. The van der Waals surface area contributed by atoms with E-state index in [-0.39, 0.29) is 11.7 Å². The molecule has 0 unspecified atom stereocenters. The highest BCUT2D eigenvalue weighted by atomic mass is 16.1. The zero-order valence-electron chi connectivity index (χ0n) is 11.7. The molecule has 1 amide bonds. The number of hydrogen-bond acceptors (Lipinski definition) is 2. The molecule has 0 bridgehead atoms. The maximum absolute atomic E-state index is 12.2. The van der Waals surface area contributed by atoms with E-state index in [9.17, 15) is 9.59 Å². The topological polar surface area (TPSA) is 46.2 Å². The van der Waals surface area contributed by atoms with Gasteiger partial charge in [0.05, 0.1) is 6.54 Å². The molecule has 0 spiro atoms. The van der Waals surface area contributed by atoms with Gasteiger partial charge in [-0.3, -0.25) is 9.59 Å². The van der Waals surface area contributed by atoms with Crippen LogP contribution in [0.1, 0.15) is 28.4 Å².